The van der Waals surface area contributed by atoms with Crippen LogP contribution in [0.3, 0.4) is 0 Å². The molecule has 0 radical (unpaired) electrons. The average molecular weight is 209 g/mol. The maximum Gasteiger partial charge on any atom is 0.306 e. The zero-order valence-electron chi connectivity index (χ0n) is 9.25. The van der Waals surface area contributed by atoms with E-state index < -0.39 is 5.97 Å². The van der Waals surface area contributed by atoms with E-state index in [2.05, 4.69) is 17.2 Å². The fourth-order valence-corrected chi connectivity index (χ4v) is 2.17. The van der Waals surface area contributed by atoms with Crippen molar-refractivity contribution in [3.63, 3.8) is 0 Å². The summed E-state index contributed by atoms with van der Waals surface area (Å²) < 4.78 is 0. The molecule has 2 atom stereocenters. The van der Waals surface area contributed by atoms with Crippen molar-refractivity contribution in [2.75, 3.05) is 13.1 Å². The Kier molecular flexibility index (Phi) is 5.20. The molecule has 0 bridgehead atoms. The van der Waals surface area contributed by atoms with Gasteiger partial charge in [0, 0.05) is 13.0 Å². The molecule has 3 heteroatoms. The van der Waals surface area contributed by atoms with Crippen LogP contribution in [0.25, 0.3) is 0 Å². The van der Waals surface area contributed by atoms with Gasteiger partial charge in [-0.15, -0.1) is 11.8 Å². The SMILES string of the molecule is CC#CCCNCC1CCCC1C(=O)O. The summed E-state index contributed by atoms with van der Waals surface area (Å²) in [6, 6.07) is 0. The molecule has 1 fully saturated rings. The zero-order valence-corrected chi connectivity index (χ0v) is 9.25. The summed E-state index contributed by atoms with van der Waals surface area (Å²) >= 11 is 0. The van der Waals surface area contributed by atoms with Gasteiger partial charge in [-0.3, -0.25) is 4.79 Å². The maximum atomic E-state index is 10.9. The van der Waals surface area contributed by atoms with Crippen molar-refractivity contribution in [3.05, 3.63) is 0 Å². The Morgan fingerprint density at radius 1 is 1.53 bits per heavy atom. The fourth-order valence-electron chi connectivity index (χ4n) is 2.17. The second-order valence-corrected chi connectivity index (χ2v) is 4.02. The number of hydrogen-bond donors (Lipinski definition) is 2. The Bertz CT molecular complexity index is 265. The molecule has 0 aromatic heterocycles. The molecule has 1 rings (SSSR count). The number of aliphatic carboxylic acids is 1. The van der Waals surface area contributed by atoms with Crippen molar-refractivity contribution in [2.24, 2.45) is 11.8 Å². The van der Waals surface area contributed by atoms with E-state index in [9.17, 15) is 4.79 Å². The quantitative estimate of drug-likeness (QED) is 0.533. The maximum absolute atomic E-state index is 10.9. The van der Waals surface area contributed by atoms with Crippen LogP contribution in [0.5, 0.6) is 0 Å². The van der Waals surface area contributed by atoms with Crippen molar-refractivity contribution < 1.29 is 9.90 Å². The van der Waals surface area contributed by atoms with Crippen LogP contribution < -0.4 is 5.32 Å². The third-order valence-electron chi connectivity index (χ3n) is 2.99. The highest BCUT2D eigenvalue weighted by Crippen LogP contribution is 2.31. The van der Waals surface area contributed by atoms with Crippen molar-refractivity contribution in [1.82, 2.24) is 5.32 Å². The van der Waals surface area contributed by atoms with Gasteiger partial charge in [0.05, 0.1) is 5.92 Å². The van der Waals surface area contributed by atoms with Crippen LogP contribution in [0, 0.1) is 23.7 Å². The van der Waals surface area contributed by atoms with E-state index in [4.69, 9.17) is 5.11 Å². The Morgan fingerprint density at radius 3 is 3.00 bits per heavy atom. The van der Waals surface area contributed by atoms with Crippen molar-refractivity contribution >= 4 is 5.97 Å². The molecule has 1 aliphatic carbocycles. The minimum atomic E-state index is -0.632. The average Bonchev–Trinajstić information content (AvgIpc) is 2.66. The molecular weight excluding hydrogens is 190 g/mol. The smallest absolute Gasteiger partial charge is 0.306 e. The molecule has 0 saturated heterocycles. The minimum absolute atomic E-state index is 0.130. The Labute approximate surface area is 91.3 Å². The van der Waals surface area contributed by atoms with Gasteiger partial charge < -0.3 is 10.4 Å². The zero-order chi connectivity index (χ0) is 11.1. The van der Waals surface area contributed by atoms with Gasteiger partial charge in [-0.25, -0.2) is 0 Å². The van der Waals surface area contributed by atoms with Crippen LogP contribution in [-0.2, 0) is 4.79 Å². The number of rotatable bonds is 5. The molecule has 84 valence electrons. The van der Waals surface area contributed by atoms with E-state index in [-0.39, 0.29) is 5.92 Å². The molecule has 3 nitrogen and oxygen atoms in total. The third kappa shape index (κ3) is 3.93. The first-order valence-electron chi connectivity index (χ1n) is 5.59. The monoisotopic (exact) mass is 209 g/mol. The fraction of sp³-hybridized carbons (Fsp3) is 0.750. The molecule has 0 heterocycles. The van der Waals surface area contributed by atoms with Gasteiger partial charge in [0.1, 0.15) is 0 Å². The molecule has 0 aliphatic heterocycles. The minimum Gasteiger partial charge on any atom is -0.481 e. The third-order valence-corrected chi connectivity index (χ3v) is 2.99. The molecule has 2 unspecified atom stereocenters. The predicted molar refractivity (Wildman–Crippen MR) is 59.4 cm³/mol. The highest BCUT2D eigenvalue weighted by molar-refractivity contribution is 5.70. The molecular formula is C12H19NO2. The lowest BCUT2D eigenvalue weighted by molar-refractivity contribution is -0.142. The van der Waals surface area contributed by atoms with Crippen molar-refractivity contribution in [3.8, 4) is 11.8 Å². The molecule has 0 spiro atoms. The first kappa shape index (κ1) is 12.1. The highest BCUT2D eigenvalue weighted by atomic mass is 16.4. The van der Waals surface area contributed by atoms with Crippen LogP contribution in [0.1, 0.15) is 32.6 Å². The van der Waals surface area contributed by atoms with E-state index in [1.54, 1.807) is 0 Å². The summed E-state index contributed by atoms with van der Waals surface area (Å²) in [7, 11) is 0. The van der Waals surface area contributed by atoms with E-state index >= 15 is 0 Å². The van der Waals surface area contributed by atoms with Crippen LogP contribution in [0.4, 0.5) is 0 Å². The number of carbonyl (C=O) groups is 1. The van der Waals surface area contributed by atoms with Gasteiger partial charge in [-0.2, -0.15) is 0 Å². The van der Waals surface area contributed by atoms with E-state index in [0.29, 0.717) is 5.92 Å². The Balaban J connectivity index is 2.19. The largest absolute Gasteiger partial charge is 0.481 e. The first-order chi connectivity index (χ1) is 7.25. The van der Waals surface area contributed by atoms with Crippen LogP contribution in [0.2, 0.25) is 0 Å². The van der Waals surface area contributed by atoms with Gasteiger partial charge in [0.2, 0.25) is 0 Å². The molecule has 0 aromatic carbocycles. The van der Waals surface area contributed by atoms with Crippen LogP contribution in [0.15, 0.2) is 0 Å². The second kappa shape index (κ2) is 6.47. The van der Waals surface area contributed by atoms with Crippen molar-refractivity contribution in [2.45, 2.75) is 32.6 Å². The molecule has 15 heavy (non-hydrogen) atoms. The van der Waals surface area contributed by atoms with Gasteiger partial charge >= 0.3 is 5.97 Å². The van der Waals surface area contributed by atoms with Crippen LogP contribution >= 0.6 is 0 Å². The highest BCUT2D eigenvalue weighted by Gasteiger charge is 2.32. The summed E-state index contributed by atoms with van der Waals surface area (Å²) in [6.07, 6.45) is 3.79. The lowest BCUT2D eigenvalue weighted by Crippen LogP contribution is -2.29. The Hall–Kier alpha value is -1.01. The lowest BCUT2D eigenvalue weighted by Gasteiger charge is -2.15. The molecule has 0 amide bonds. The summed E-state index contributed by atoms with van der Waals surface area (Å²) in [5.74, 6) is 5.37. The molecule has 1 aliphatic rings. The van der Waals surface area contributed by atoms with Gasteiger partial charge in [-0.05, 0) is 32.2 Å². The molecule has 1 saturated carbocycles. The summed E-state index contributed by atoms with van der Waals surface area (Å²) in [6.45, 7) is 3.52. The van der Waals surface area contributed by atoms with E-state index in [0.717, 1.165) is 38.8 Å². The summed E-state index contributed by atoms with van der Waals surface area (Å²) in [5.41, 5.74) is 0. The van der Waals surface area contributed by atoms with Gasteiger partial charge in [0.15, 0.2) is 0 Å². The van der Waals surface area contributed by atoms with Crippen molar-refractivity contribution in [1.29, 1.82) is 0 Å². The summed E-state index contributed by atoms with van der Waals surface area (Å²) in [5, 5.41) is 12.3. The number of hydrogen-bond acceptors (Lipinski definition) is 2. The van der Waals surface area contributed by atoms with Crippen LogP contribution in [-0.4, -0.2) is 24.2 Å². The summed E-state index contributed by atoms with van der Waals surface area (Å²) in [4.78, 5) is 10.9. The van der Waals surface area contributed by atoms with Gasteiger partial charge in [0.25, 0.3) is 0 Å². The Morgan fingerprint density at radius 2 is 2.33 bits per heavy atom. The van der Waals surface area contributed by atoms with E-state index in [1.807, 2.05) is 6.92 Å². The normalized spacial score (nSPS) is 24.6. The molecule has 0 aromatic rings. The lowest BCUT2D eigenvalue weighted by atomic mass is 9.96. The van der Waals surface area contributed by atoms with E-state index in [1.165, 1.54) is 0 Å². The number of carboxylic acid groups (broad SMARTS) is 1. The molecule has 2 N–H and O–H groups in total. The topological polar surface area (TPSA) is 49.3 Å². The predicted octanol–water partition coefficient (Wildman–Crippen LogP) is 1.49. The standard InChI is InChI=1S/C12H19NO2/c1-2-3-4-8-13-9-10-6-5-7-11(10)12(14)15/h10-11,13H,4-9H2,1H3,(H,14,15). The van der Waals surface area contributed by atoms with Gasteiger partial charge in [-0.1, -0.05) is 6.42 Å². The number of carboxylic acids is 1. The second-order valence-electron chi connectivity index (χ2n) is 4.02. The number of nitrogens with one attached hydrogen (secondary N) is 1. The first-order valence-corrected chi connectivity index (χ1v) is 5.59.